The van der Waals surface area contributed by atoms with Crippen molar-refractivity contribution < 1.29 is 14.2 Å². The molecule has 0 aliphatic carbocycles. The molecule has 2 saturated heterocycles. The molecule has 2 heterocycles. The maximum atomic E-state index is 5.77. The number of rotatable bonds is 1. The van der Waals surface area contributed by atoms with Gasteiger partial charge in [0.1, 0.15) is 17.2 Å². The molecule has 0 amide bonds. The van der Waals surface area contributed by atoms with Gasteiger partial charge in [-0.15, -0.1) is 0 Å². The Bertz CT molecular complexity index is 207. The summed E-state index contributed by atoms with van der Waals surface area (Å²) >= 11 is 3.45. The summed E-state index contributed by atoms with van der Waals surface area (Å²) < 4.78 is 17.1. The van der Waals surface area contributed by atoms with Crippen LogP contribution in [0, 0.1) is 0 Å². The average molecular weight is 251 g/mol. The van der Waals surface area contributed by atoms with Gasteiger partial charge < -0.3 is 14.2 Å². The number of ether oxygens (including phenoxy) is 3. The summed E-state index contributed by atoms with van der Waals surface area (Å²) in [4.78, 5) is 0. The zero-order chi connectivity index (χ0) is 9.64. The molecule has 0 aromatic heterocycles. The van der Waals surface area contributed by atoms with Crippen LogP contribution in [0.5, 0.6) is 0 Å². The Balaban J connectivity index is 2.12. The average Bonchev–Trinajstić information content (AvgIpc) is 2.47. The highest BCUT2D eigenvalue weighted by molar-refractivity contribution is 9.09. The van der Waals surface area contributed by atoms with Gasteiger partial charge in [-0.05, 0) is 20.3 Å². The van der Waals surface area contributed by atoms with Crippen LogP contribution in [0.2, 0.25) is 0 Å². The molecule has 0 aromatic carbocycles. The largest absolute Gasteiger partial charge is 0.358 e. The first kappa shape index (κ1) is 9.90. The second kappa shape index (κ2) is 3.19. The lowest BCUT2D eigenvalue weighted by molar-refractivity contribution is -0.177. The Hall–Kier alpha value is 0.360. The topological polar surface area (TPSA) is 27.7 Å². The van der Waals surface area contributed by atoms with E-state index in [-0.39, 0.29) is 23.3 Å². The molecule has 2 rings (SSSR count). The van der Waals surface area contributed by atoms with Crippen molar-refractivity contribution in [1.82, 2.24) is 0 Å². The SMILES string of the molecule is CC[C@H]1OC(Br)[C@@H]2OC(C)(C)O[C@H]12. The Kier molecular flexibility index (Phi) is 2.43. The summed E-state index contributed by atoms with van der Waals surface area (Å²) in [6.45, 7) is 5.98. The molecule has 0 N–H and O–H groups in total. The van der Waals surface area contributed by atoms with E-state index < -0.39 is 5.79 Å². The van der Waals surface area contributed by atoms with Gasteiger partial charge in [0.2, 0.25) is 0 Å². The molecule has 4 atom stereocenters. The molecule has 0 spiro atoms. The normalized spacial score (nSPS) is 48.0. The van der Waals surface area contributed by atoms with E-state index in [1.165, 1.54) is 0 Å². The molecule has 0 aromatic rings. The van der Waals surface area contributed by atoms with Gasteiger partial charge in [0.15, 0.2) is 5.79 Å². The zero-order valence-corrected chi connectivity index (χ0v) is 9.71. The van der Waals surface area contributed by atoms with Crippen LogP contribution >= 0.6 is 15.9 Å². The lowest BCUT2D eigenvalue weighted by atomic mass is 10.1. The van der Waals surface area contributed by atoms with Crippen molar-refractivity contribution in [2.45, 2.75) is 56.3 Å². The number of alkyl halides is 1. The van der Waals surface area contributed by atoms with Crippen molar-refractivity contribution in [2.24, 2.45) is 0 Å². The second-order valence-corrected chi connectivity index (χ2v) is 4.90. The summed E-state index contributed by atoms with van der Waals surface area (Å²) in [5.41, 5.74) is 0. The zero-order valence-electron chi connectivity index (χ0n) is 8.12. The minimum Gasteiger partial charge on any atom is -0.358 e. The monoisotopic (exact) mass is 250 g/mol. The Labute approximate surface area is 86.9 Å². The van der Waals surface area contributed by atoms with Crippen LogP contribution in [0.15, 0.2) is 0 Å². The fourth-order valence-corrected chi connectivity index (χ4v) is 2.64. The fourth-order valence-electron chi connectivity index (χ4n) is 1.96. The number of hydrogen-bond donors (Lipinski definition) is 0. The molecule has 3 nitrogen and oxygen atoms in total. The van der Waals surface area contributed by atoms with Gasteiger partial charge in [0.25, 0.3) is 0 Å². The van der Waals surface area contributed by atoms with Crippen LogP contribution in [0.1, 0.15) is 27.2 Å². The summed E-state index contributed by atoms with van der Waals surface area (Å²) in [5.74, 6) is -0.460. The van der Waals surface area contributed by atoms with E-state index in [1.54, 1.807) is 0 Å². The van der Waals surface area contributed by atoms with E-state index in [9.17, 15) is 0 Å². The predicted octanol–water partition coefficient (Wildman–Crippen LogP) is 2.04. The number of halogens is 1. The van der Waals surface area contributed by atoms with E-state index in [1.807, 2.05) is 13.8 Å². The van der Waals surface area contributed by atoms with Crippen molar-refractivity contribution in [3.05, 3.63) is 0 Å². The number of fused-ring (bicyclic) bond motifs is 1. The van der Waals surface area contributed by atoms with E-state index in [0.717, 1.165) is 6.42 Å². The van der Waals surface area contributed by atoms with Crippen LogP contribution in [-0.4, -0.2) is 29.1 Å². The van der Waals surface area contributed by atoms with Gasteiger partial charge >= 0.3 is 0 Å². The first-order valence-corrected chi connectivity index (χ1v) is 5.60. The van der Waals surface area contributed by atoms with Crippen LogP contribution < -0.4 is 0 Å². The second-order valence-electron chi connectivity index (χ2n) is 4.00. The minimum absolute atomic E-state index is 0.0239. The van der Waals surface area contributed by atoms with Crippen molar-refractivity contribution in [3.63, 3.8) is 0 Å². The molecule has 0 radical (unpaired) electrons. The molecule has 2 aliphatic rings. The summed E-state index contributed by atoms with van der Waals surface area (Å²) in [6, 6.07) is 0. The first-order valence-electron chi connectivity index (χ1n) is 4.68. The standard InChI is InChI=1S/C9H15BrO3/c1-4-5-6-7(8(10)11-5)13-9(2,3)12-6/h5-8H,4H2,1-3H3/t5-,6-,7-,8?/m1/s1. The van der Waals surface area contributed by atoms with Crippen molar-refractivity contribution in [1.29, 1.82) is 0 Å². The van der Waals surface area contributed by atoms with Crippen LogP contribution in [-0.2, 0) is 14.2 Å². The Morgan fingerprint density at radius 1 is 1.23 bits per heavy atom. The first-order chi connectivity index (χ1) is 6.03. The van der Waals surface area contributed by atoms with Crippen LogP contribution in [0.3, 0.4) is 0 Å². The van der Waals surface area contributed by atoms with Gasteiger partial charge in [-0.3, -0.25) is 0 Å². The Morgan fingerprint density at radius 2 is 1.85 bits per heavy atom. The van der Waals surface area contributed by atoms with E-state index >= 15 is 0 Å². The summed E-state index contributed by atoms with van der Waals surface area (Å²) in [5, 5.41) is -0.0239. The molecule has 2 fully saturated rings. The third-order valence-corrected chi connectivity index (χ3v) is 3.23. The molecule has 76 valence electrons. The molecule has 0 saturated carbocycles. The van der Waals surface area contributed by atoms with Crippen LogP contribution in [0.25, 0.3) is 0 Å². The van der Waals surface area contributed by atoms with E-state index in [2.05, 4.69) is 22.9 Å². The minimum atomic E-state index is -0.460. The highest BCUT2D eigenvalue weighted by Gasteiger charge is 2.53. The molecular formula is C9H15BrO3. The Morgan fingerprint density at radius 3 is 2.46 bits per heavy atom. The predicted molar refractivity (Wildman–Crippen MR) is 51.7 cm³/mol. The molecule has 1 unspecified atom stereocenters. The van der Waals surface area contributed by atoms with Gasteiger partial charge in [0, 0.05) is 0 Å². The molecular weight excluding hydrogens is 236 g/mol. The van der Waals surface area contributed by atoms with Crippen LogP contribution in [0.4, 0.5) is 0 Å². The van der Waals surface area contributed by atoms with E-state index in [0.29, 0.717) is 0 Å². The highest BCUT2D eigenvalue weighted by atomic mass is 79.9. The maximum absolute atomic E-state index is 5.77. The smallest absolute Gasteiger partial charge is 0.164 e. The molecule has 4 heteroatoms. The van der Waals surface area contributed by atoms with Gasteiger partial charge in [-0.1, -0.05) is 22.9 Å². The third kappa shape index (κ3) is 1.65. The highest BCUT2D eigenvalue weighted by Crippen LogP contribution is 2.41. The summed E-state index contributed by atoms with van der Waals surface area (Å²) in [7, 11) is 0. The maximum Gasteiger partial charge on any atom is 0.164 e. The summed E-state index contributed by atoms with van der Waals surface area (Å²) in [6.07, 6.45) is 1.25. The van der Waals surface area contributed by atoms with E-state index in [4.69, 9.17) is 14.2 Å². The molecule has 2 aliphatic heterocycles. The quantitative estimate of drug-likeness (QED) is 0.667. The third-order valence-electron chi connectivity index (χ3n) is 2.50. The van der Waals surface area contributed by atoms with Gasteiger partial charge in [-0.2, -0.15) is 0 Å². The lowest BCUT2D eigenvalue weighted by Crippen LogP contribution is -2.28. The number of hydrogen-bond acceptors (Lipinski definition) is 3. The fraction of sp³-hybridized carbons (Fsp3) is 1.00. The molecule has 0 bridgehead atoms. The lowest BCUT2D eigenvalue weighted by Gasteiger charge is -2.21. The van der Waals surface area contributed by atoms with Crippen molar-refractivity contribution in [2.75, 3.05) is 0 Å². The molecule has 13 heavy (non-hydrogen) atoms. The van der Waals surface area contributed by atoms with Gasteiger partial charge in [-0.25, -0.2) is 0 Å². The van der Waals surface area contributed by atoms with Crippen molar-refractivity contribution in [3.8, 4) is 0 Å². The van der Waals surface area contributed by atoms with Gasteiger partial charge in [0.05, 0.1) is 6.10 Å². The van der Waals surface area contributed by atoms with Crippen molar-refractivity contribution >= 4 is 15.9 Å².